The van der Waals surface area contributed by atoms with E-state index in [0.29, 0.717) is 0 Å². The molecular weight excluding hydrogens is 238 g/mol. The van der Waals surface area contributed by atoms with Crippen LogP contribution < -0.4 is 5.32 Å². The number of nitrogens with one attached hydrogen (secondary N) is 1. The van der Waals surface area contributed by atoms with Gasteiger partial charge in [-0.1, -0.05) is 6.92 Å². The summed E-state index contributed by atoms with van der Waals surface area (Å²) in [5, 5.41) is 3.43. The number of rotatable bonds is 7. The molecule has 0 bridgehead atoms. The van der Waals surface area contributed by atoms with E-state index in [0.717, 1.165) is 31.4 Å². The van der Waals surface area contributed by atoms with Gasteiger partial charge in [0.25, 0.3) is 0 Å². The molecule has 2 rings (SSSR count). The SMILES string of the molecule is CCN1CCC(N(C)CCNCc2ccco2)CC1. The quantitative estimate of drug-likeness (QED) is 0.762. The third-order valence-corrected chi connectivity index (χ3v) is 4.15. The predicted octanol–water partition coefficient (Wildman–Crippen LogP) is 1.79. The van der Waals surface area contributed by atoms with Crippen LogP contribution in [0, 0.1) is 0 Å². The third-order valence-electron chi connectivity index (χ3n) is 4.15. The third kappa shape index (κ3) is 4.64. The van der Waals surface area contributed by atoms with Crippen LogP contribution in [0.5, 0.6) is 0 Å². The zero-order valence-electron chi connectivity index (χ0n) is 12.3. The normalized spacial score (nSPS) is 18.3. The maximum Gasteiger partial charge on any atom is 0.117 e. The second kappa shape index (κ2) is 7.68. The van der Waals surface area contributed by atoms with Gasteiger partial charge in [0.2, 0.25) is 0 Å². The highest BCUT2D eigenvalue weighted by Gasteiger charge is 2.20. The van der Waals surface area contributed by atoms with Crippen LogP contribution in [-0.4, -0.2) is 55.6 Å². The number of likely N-dealkylation sites (N-methyl/N-ethyl adjacent to an activating group) is 1. The number of piperidine rings is 1. The van der Waals surface area contributed by atoms with Crippen molar-refractivity contribution in [3.05, 3.63) is 24.2 Å². The summed E-state index contributed by atoms with van der Waals surface area (Å²) in [6.45, 7) is 8.91. The molecular formula is C15H27N3O. The highest BCUT2D eigenvalue weighted by molar-refractivity contribution is 4.97. The van der Waals surface area contributed by atoms with Gasteiger partial charge in [0.05, 0.1) is 12.8 Å². The van der Waals surface area contributed by atoms with Gasteiger partial charge in [-0.3, -0.25) is 0 Å². The molecule has 0 atom stereocenters. The van der Waals surface area contributed by atoms with E-state index in [4.69, 9.17) is 4.42 Å². The van der Waals surface area contributed by atoms with Crippen LogP contribution in [0.15, 0.2) is 22.8 Å². The minimum atomic E-state index is 0.758. The van der Waals surface area contributed by atoms with E-state index in [-0.39, 0.29) is 0 Å². The molecule has 0 unspecified atom stereocenters. The van der Waals surface area contributed by atoms with Gasteiger partial charge in [0.1, 0.15) is 5.76 Å². The van der Waals surface area contributed by atoms with Crippen LogP contribution in [0.25, 0.3) is 0 Å². The van der Waals surface area contributed by atoms with Crippen molar-refractivity contribution in [2.24, 2.45) is 0 Å². The van der Waals surface area contributed by atoms with E-state index in [9.17, 15) is 0 Å². The van der Waals surface area contributed by atoms with Gasteiger partial charge >= 0.3 is 0 Å². The molecule has 0 saturated carbocycles. The minimum absolute atomic E-state index is 0.758. The smallest absolute Gasteiger partial charge is 0.117 e. The molecule has 4 nitrogen and oxygen atoms in total. The van der Waals surface area contributed by atoms with Gasteiger partial charge in [-0.25, -0.2) is 0 Å². The summed E-state index contributed by atoms with van der Waals surface area (Å²) in [4.78, 5) is 5.04. The average molecular weight is 265 g/mol. The zero-order valence-corrected chi connectivity index (χ0v) is 12.3. The molecule has 1 aliphatic heterocycles. The van der Waals surface area contributed by atoms with Gasteiger partial charge in [0, 0.05) is 19.1 Å². The molecule has 0 aromatic carbocycles. The van der Waals surface area contributed by atoms with Crippen molar-refractivity contribution in [2.75, 3.05) is 39.8 Å². The Balaban J connectivity index is 1.58. The standard InChI is InChI=1S/C15H27N3O/c1-3-18-9-6-14(7-10-18)17(2)11-8-16-13-15-5-4-12-19-15/h4-5,12,14,16H,3,6-11,13H2,1-2H3. The lowest BCUT2D eigenvalue weighted by atomic mass is 10.0. The molecule has 0 aliphatic carbocycles. The van der Waals surface area contributed by atoms with Crippen LogP contribution in [0.4, 0.5) is 0 Å². The molecule has 0 spiro atoms. The summed E-state index contributed by atoms with van der Waals surface area (Å²) < 4.78 is 5.30. The zero-order chi connectivity index (χ0) is 13.5. The summed E-state index contributed by atoms with van der Waals surface area (Å²) in [7, 11) is 2.25. The van der Waals surface area contributed by atoms with Gasteiger partial charge in [-0.2, -0.15) is 0 Å². The number of nitrogens with zero attached hydrogens (tertiary/aromatic N) is 2. The Labute approximate surface area is 116 Å². The van der Waals surface area contributed by atoms with E-state index in [1.807, 2.05) is 12.1 Å². The lowest BCUT2D eigenvalue weighted by Gasteiger charge is -2.36. The van der Waals surface area contributed by atoms with Crippen molar-refractivity contribution < 1.29 is 4.42 Å². The van der Waals surface area contributed by atoms with Gasteiger partial charge in [0.15, 0.2) is 0 Å². The van der Waals surface area contributed by atoms with E-state index < -0.39 is 0 Å². The maximum atomic E-state index is 5.30. The topological polar surface area (TPSA) is 31.6 Å². The van der Waals surface area contributed by atoms with Crippen molar-refractivity contribution in [1.29, 1.82) is 0 Å². The monoisotopic (exact) mass is 265 g/mol. The summed E-state index contributed by atoms with van der Waals surface area (Å²) >= 11 is 0. The second-order valence-electron chi connectivity index (χ2n) is 5.40. The molecule has 1 aliphatic rings. The summed E-state index contributed by atoms with van der Waals surface area (Å²) in [6, 6.07) is 4.70. The largest absolute Gasteiger partial charge is 0.468 e. The first-order valence-corrected chi connectivity index (χ1v) is 7.45. The molecule has 1 N–H and O–H groups in total. The van der Waals surface area contributed by atoms with Crippen LogP contribution in [0.3, 0.4) is 0 Å². The van der Waals surface area contributed by atoms with Gasteiger partial charge in [-0.15, -0.1) is 0 Å². The lowest BCUT2D eigenvalue weighted by Crippen LogP contribution is -2.44. The molecule has 19 heavy (non-hydrogen) atoms. The summed E-state index contributed by atoms with van der Waals surface area (Å²) in [5.74, 6) is 1.01. The average Bonchev–Trinajstić information content (AvgIpc) is 2.96. The fourth-order valence-corrected chi connectivity index (χ4v) is 2.74. The highest BCUT2D eigenvalue weighted by atomic mass is 16.3. The van der Waals surface area contributed by atoms with Gasteiger partial charge < -0.3 is 19.5 Å². The highest BCUT2D eigenvalue weighted by Crippen LogP contribution is 2.14. The van der Waals surface area contributed by atoms with Gasteiger partial charge in [-0.05, 0) is 51.7 Å². The number of likely N-dealkylation sites (tertiary alicyclic amines) is 1. The molecule has 1 fully saturated rings. The van der Waals surface area contributed by atoms with Crippen molar-refractivity contribution in [3.8, 4) is 0 Å². The molecule has 1 aromatic rings. The first-order chi connectivity index (χ1) is 9.29. The predicted molar refractivity (Wildman–Crippen MR) is 78.2 cm³/mol. The van der Waals surface area contributed by atoms with Crippen molar-refractivity contribution in [2.45, 2.75) is 32.4 Å². The number of hydrogen-bond donors (Lipinski definition) is 1. The molecule has 4 heteroatoms. The van der Waals surface area contributed by atoms with Crippen LogP contribution in [0.2, 0.25) is 0 Å². The molecule has 0 amide bonds. The Morgan fingerprint density at radius 2 is 2.21 bits per heavy atom. The van der Waals surface area contributed by atoms with Crippen molar-refractivity contribution in [1.82, 2.24) is 15.1 Å². The Morgan fingerprint density at radius 3 is 2.84 bits per heavy atom. The minimum Gasteiger partial charge on any atom is -0.468 e. The molecule has 0 radical (unpaired) electrons. The molecule has 1 saturated heterocycles. The fourth-order valence-electron chi connectivity index (χ4n) is 2.74. The first kappa shape index (κ1) is 14.6. The molecule has 2 heterocycles. The molecule has 108 valence electrons. The second-order valence-corrected chi connectivity index (χ2v) is 5.40. The summed E-state index contributed by atoms with van der Waals surface area (Å²) in [6.07, 6.45) is 4.34. The van der Waals surface area contributed by atoms with Crippen molar-refractivity contribution in [3.63, 3.8) is 0 Å². The van der Waals surface area contributed by atoms with Crippen LogP contribution in [-0.2, 0) is 6.54 Å². The fraction of sp³-hybridized carbons (Fsp3) is 0.733. The van der Waals surface area contributed by atoms with E-state index >= 15 is 0 Å². The number of furan rings is 1. The lowest BCUT2D eigenvalue weighted by molar-refractivity contribution is 0.132. The number of hydrogen-bond acceptors (Lipinski definition) is 4. The Morgan fingerprint density at radius 1 is 1.42 bits per heavy atom. The Kier molecular flexibility index (Phi) is 5.89. The van der Waals surface area contributed by atoms with E-state index in [1.54, 1.807) is 6.26 Å². The van der Waals surface area contributed by atoms with Crippen LogP contribution in [0.1, 0.15) is 25.5 Å². The maximum absolute atomic E-state index is 5.30. The van der Waals surface area contributed by atoms with Crippen LogP contribution >= 0.6 is 0 Å². The van der Waals surface area contributed by atoms with Crippen molar-refractivity contribution >= 4 is 0 Å². The van der Waals surface area contributed by atoms with E-state index in [2.05, 4.69) is 29.1 Å². The first-order valence-electron chi connectivity index (χ1n) is 7.45. The Bertz CT molecular complexity index is 331. The summed E-state index contributed by atoms with van der Waals surface area (Å²) in [5.41, 5.74) is 0. The Hall–Kier alpha value is -0.840. The van der Waals surface area contributed by atoms with E-state index in [1.165, 1.54) is 32.5 Å². The molecule has 1 aromatic heterocycles.